The molecule has 0 aromatic heterocycles. The van der Waals surface area contributed by atoms with Gasteiger partial charge in [-0.25, -0.2) is 8.42 Å². The molecule has 0 bridgehead atoms. The number of benzene rings is 2. The molecular formula is C12H8Cl2O6S. The van der Waals surface area contributed by atoms with E-state index in [4.69, 9.17) is 23.2 Å². The molecule has 0 aliphatic carbocycles. The number of halogens is 2. The second kappa shape index (κ2) is 5.18. The van der Waals surface area contributed by atoms with Gasteiger partial charge in [-0.3, -0.25) is 0 Å². The van der Waals surface area contributed by atoms with Crippen LogP contribution in [0.2, 0.25) is 10.0 Å². The molecular weight excluding hydrogens is 343 g/mol. The van der Waals surface area contributed by atoms with Gasteiger partial charge in [-0.15, -0.1) is 0 Å². The van der Waals surface area contributed by atoms with Crippen LogP contribution in [0.15, 0.2) is 34.1 Å². The quantitative estimate of drug-likeness (QED) is 0.619. The molecule has 21 heavy (non-hydrogen) atoms. The molecule has 0 unspecified atom stereocenters. The predicted octanol–water partition coefficient (Wildman–Crippen LogP) is 2.65. The predicted molar refractivity (Wildman–Crippen MR) is 75.0 cm³/mol. The minimum absolute atomic E-state index is 0.144. The van der Waals surface area contributed by atoms with Crippen LogP contribution < -0.4 is 0 Å². The normalized spacial score (nSPS) is 11.5. The molecule has 0 aliphatic heterocycles. The Bertz CT molecular complexity index is 769. The maximum Gasteiger partial charge on any atom is 0.214 e. The van der Waals surface area contributed by atoms with Crippen LogP contribution in [0.1, 0.15) is 0 Å². The van der Waals surface area contributed by atoms with Crippen molar-refractivity contribution in [1.82, 2.24) is 0 Å². The van der Waals surface area contributed by atoms with E-state index < -0.39 is 42.6 Å². The molecule has 2 aromatic rings. The zero-order valence-corrected chi connectivity index (χ0v) is 12.4. The molecule has 0 amide bonds. The summed E-state index contributed by atoms with van der Waals surface area (Å²) in [4.78, 5) is -1.46. The first-order valence-corrected chi connectivity index (χ1v) is 7.56. The Hall–Kier alpha value is -1.83. The summed E-state index contributed by atoms with van der Waals surface area (Å²) in [7, 11) is -4.48. The topological polar surface area (TPSA) is 115 Å². The number of rotatable bonds is 2. The average molecular weight is 351 g/mol. The van der Waals surface area contributed by atoms with Crippen molar-refractivity contribution in [1.29, 1.82) is 0 Å². The van der Waals surface area contributed by atoms with Gasteiger partial charge in [-0.2, -0.15) is 0 Å². The highest BCUT2D eigenvalue weighted by molar-refractivity contribution is 7.91. The highest BCUT2D eigenvalue weighted by Gasteiger charge is 2.28. The lowest BCUT2D eigenvalue weighted by atomic mass is 10.3. The number of sulfone groups is 1. The summed E-state index contributed by atoms with van der Waals surface area (Å²) in [5.41, 5.74) is 0. The Morgan fingerprint density at radius 1 is 0.714 bits per heavy atom. The molecule has 0 fully saturated rings. The van der Waals surface area contributed by atoms with Gasteiger partial charge in [-0.1, -0.05) is 23.2 Å². The third kappa shape index (κ3) is 2.67. The standard InChI is InChI=1S/C12H8Cl2O6S/c13-5-1-7(15)11(17)9(3-5)21(19,20)10-4-6(14)2-8(16)12(10)18/h1-4,15-18H. The third-order valence-electron chi connectivity index (χ3n) is 2.62. The van der Waals surface area contributed by atoms with Gasteiger partial charge < -0.3 is 20.4 Å². The maximum absolute atomic E-state index is 12.4. The minimum Gasteiger partial charge on any atom is -0.504 e. The summed E-state index contributed by atoms with van der Waals surface area (Å²) in [6, 6.07) is 3.68. The van der Waals surface area contributed by atoms with Crippen LogP contribution in [0, 0.1) is 0 Å². The largest absolute Gasteiger partial charge is 0.504 e. The smallest absolute Gasteiger partial charge is 0.214 e. The van der Waals surface area contributed by atoms with E-state index in [9.17, 15) is 28.8 Å². The van der Waals surface area contributed by atoms with E-state index >= 15 is 0 Å². The van der Waals surface area contributed by atoms with Crippen molar-refractivity contribution in [2.75, 3.05) is 0 Å². The van der Waals surface area contributed by atoms with E-state index in [1.165, 1.54) is 0 Å². The maximum atomic E-state index is 12.4. The van der Waals surface area contributed by atoms with Crippen molar-refractivity contribution >= 4 is 33.0 Å². The van der Waals surface area contributed by atoms with Crippen molar-refractivity contribution in [2.24, 2.45) is 0 Å². The molecule has 0 heterocycles. The van der Waals surface area contributed by atoms with Gasteiger partial charge in [0, 0.05) is 22.2 Å². The van der Waals surface area contributed by atoms with Crippen LogP contribution in [0.5, 0.6) is 23.0 Å². The number of phenols is 4. The van der Waals surface area contributed by atoms with Gasteiger partial charge in [0.25, 0.3) is 0 Å². The summed E-state index contributed by atoms with van der Waals surface area (Å²) >= 11 is 11.3. The van der Waals surface area contributed by atoms with E-state index in [2.05, 4.69) is 0 Å². The molecule has 0 aliphatic rings. The highest BCUT2D eigenvalue weighted by Crippen LogP contribution is 2.43. The monoisotopic (exact) mass is 350 g/mol. The van der Waals surface area contributed by atoms with Crippen LogP contribution in [0.3, 0.4) is 0 Å². The van der Waals surface area contributed by atoms with Crippen LogP contribution >= 0.6 is 23.2 Å². The third-order valence-corrected chi connectivity index (χ3v) is 4.84. The fraction of sp³-hybridized carbons (Fsp3) is 0. The highest BCUT2D eigenvalue weighted by atomic mass is 35.5. The lowest BCUT2D eigenvalue weighted by Crippen LogP contribution is -2.03. The molecule has 2 rings (SSSR count). The van der Waals surface area contributed by atoms with E-state index in [1.54, 1.807) is 0 Å². The SMILES string of the molecule is O=S(=O)(c1cc(Cl)cc(O)c1O)c1cc(Cl)cc(O)c1O. The summed E-state index contributed by atoms with van der Waals surface area (Å²) < 4.78 is 24.8. The van der Waals surface area contributed by atoms with Gasteiger partial charge in [0.15, 0.2) is 23.0 Å². The van der Waals surface area contributed by atoms with Crippen LogP contribution in [0.25, 0.3) is 0 Å². The van der Waals surface area contributed by atoms with E-state index in [0.29, 0.717) is 0 Å². The number of phenolic OH excluding ortho intramolecular Hbond substituents is 4. The van der Waals surface area contributed by atoms with Crippen molar-refractivity contribution in [2.45, 2.75) is 9.79 Å². The Labute approximate surface area is 129 Å². The molecule has 0 radical (unpaired) electrons. The fourth-order valence-electron chi connectivity index (χ4n) is 1.65. The van der Waals surface area contributed by atoms with Crippen molar-refractivity contribution < 1.29 is 28.8 Å². The molecule has 6 nitrogen and oxygen atoms in total. The van der Waals surface area contributed by atoms with E-state index in [1.807, 2.05) is 0 Å². The summed E-state index contributed by atoms with van der Waals surface area (Å²) in [5.74, 6) is -3.35. The minimum atomic E-state index is -4.48. The molecule has 0 atom stereocenters. The van der Waals surface area contributed by atoms with E-state index in [0.717, 1.165) is 24.3 Å². The molecule has 4 N–H and O–H groups in total. The van der Waals surface area contributed by atoms with E-state index in [-0.39, 0.29) is 10.0 Å². The van der Waals surface area contributed by atoms with Gasteiger partial charge in [0.05, 0.1) is 0 Å². The summed E-state index contributed by atoms with van der Waals surface area (Å²) in [6.45, 7) is 0. The first kappa shape index (κ1) is 15.6. The first-order valence-electron chi connectivity index (χ1n) is 5.32. The van der Waals surface area contributed by atoms with Gasteiger partial charge in [0.2, 0.25) is 9.84 Å². The van der Waals surface area contributed by atoms with Crippen LogP contribution in [-0.4, -0.2) is 28.8 Å². The van der Waals surface area contributed by atoms with Gasteiger partial charge in [0.1, 0.15) is 9.79 Å². The molecule has 9 heteroatoms. The molecule has 0 saturated carbocycles. The lowest BCUT2D eigenvalue weighted by molar-refractivity contribution is 0.389. The fourth-order valence-corrected chi connectivity index (χ4v) is 3.72. The molecule has 0 saturated heterocycles. The molecule has 0 spiro atoms. The second-order valence-corrected chi connectivity index (χ2v) is 6.81. The molecule has 112 valence electrons. The van der Waals surface area contributed by atoms with Crippen LogP contribution in [-0.2, 0) is 9.84 Å². The Kier molecular flexibility index (Phi) is 3.83. The number of hydrogen-bond donors (Lipinski definition) is 4. The van der Waals surface area contributed by atoms with Crippen molar-refractivity contribution in [3.63, 3.8) is 0 Å². The zero-order valence-electron chi connectivity index (χ0n) is 10.1. The number of hydrogen-bond acceptors (Lipinski definition) is 6. The van der Waals surface area contributed by atoms with Crippen LogP contribution in [0.4, 0.5) is 0 Å². The van der Waals surface area contributed by atoms with Gasteiger partial charge in [-0.05, 0) is 12.1 Å². The first-order chi connectivity index (χ1) is 9.64. The van der Waals surface area contributed by atoms with Crippen molar-refractivity contribution in [3.05, 3.63) is 34.3 Å². The Balaban J connectivity index is 2.81. The van der Waals surface area contributed by atoms with Crippen molar-refractivity contribution in [3.8, 4) is 23.0 Å². The zero-order chi connectivity index (χ0) is 15.9. The number of aromatic hydroxyl groups is 4. The Morgan fingerprint density at radius 2 is 1.05 bits per heavy atom. The van der Waals surface area contributed by atoms with Gasteiger partial charge >= 0.3 is 0 Å². The summed E-state index contributed by atoms with van der Waals surface area (Å²) in [5, 5.41) is 37.9. The second-order valence-electron chi connectivity index (χ2n) is 4.05. The summed E-state index contributed by atoms with van der Waals surface area (Å²) in [6.07, 6.45) is 0. The average Bonchev–Trinajstić information content (AvgIpc) is 2.37. The lowest BCUT2D eigenvalue weighted by Gasteiger charge is -2.11. The molecule has 2 aromatic carbocycles. The Morgan fingerprint density at radius 3 is 1.38 bits per heavy atom.